The maximum absolute atomic E-state index is 14.6. The second-order valence-electron chi connectivity index (χ2n) is 8.79. The van der Waals surface area contributed by atoms with Gasteiger partial charge in [-0.05, 0) is 36.3 Å². The van der Waals surface area contributed by atoms with Crippen molar-refractivity contribution in [3.63, 3.8) is 0 Å². The number of cyclic esters (lactones) is 1. The number of ether oxygens (including phenoxy) is 2. The van der Waals surface area contributed by atoms with Gasteiger partial charge in [-0.2, -0.15) is 13.5 Å². The molecule has 2 aromatic rings. The number of rotatable bonds is 5. The summed E-state index contributed by atoms with van der Waals surface area (Å²) in [6, 6.07) is 3.37. The predicted molar refractivity (Wildman–Crippen MR) is 112 cm³/mol. The van der Waals surface area contributed by atoms with Crippen LogP contribution in [0.3, 0.4) is 0 Å². The van der Waals surface area contributed by atoms with Gasteiger partial charge in [-0.15, -0.1) is 5.10 Å². The number of alkyl halides is 2. The van der Waals surface area contributed by atoms with E-state index in [0.717, 1.165) is 4.90 Å². The van der Waals surface area contributed by atoms with Crippen LogP contribution in [-0.4, -0.2) is 96.5 Å². The van der Waals surface area contributed by atoms with Crippen LogP contribution in [0.5, 0.6) is 0 Å². The number of aromatic nitrogens is 5. The summed E-state index contributed by atoms with van der Waals surface area (Å²) in [5.41, 5.74) is -0.848. The molecule has 0 radical (unpaired) electrons. The van der Waals surface area contributed by atoms with E-state index < -0.39 is 36.2 Å². The third-order valence-electron chi connectivity index (χ3n) is 6.56. The summed E-state index contributed by atoms with van der Waals surface area (Å²) in [7, 11) is 0. The number of hydrogen-bond donors (Lipinski definition) is 1. The number of morpholine rings is 1. The van der Waals surface area contributed by atoms with Crippen molar-refractivity contribution in [1.82, 2.24) is 35.0 Å². The number of carbonyl (C=O) groups excluding carboxylic acids is 2. The number of tetrazole rings is 1. The summed E-state index contributed by atoms with van der Waals surface area (Å²) >= 11 is 0. The van der Waals surface area contributed by atoms with Crippen LogP contribution in [0.25, 0.3) is 5.82 Å². The van der Waals surface area contributed by atoms with Crippen LogP contribution in [0.1, 0.15) is 31.4 Å². The second-order valence-corrected chi connectivity index (χ2v) is 8.79. The van der Waals surface area contributed by atoms with Gasteiger partial charge in [0.05, 0.1) is 17.4 Å². The fourth-order valence-corrected chi connectivity index (χ4v) is 4.59. The SMILES string of the molecule is CC1=C(N2CC(F)(F)OC3(CCN(C[C@H](O)c4ccc(-n5cnnn5)nc4)CC3)C2=O)COC1=O. The Morgan fingerprint density at radius 2 is 2.00 bits per heavy atom. The molecule has 2 saturated heterocycles. The van der Waals surface area contributed by atoms with Gasteiger partial charge in [0.25, 0.3) is 5.91 Å². The van der Waals surface area contributed by atoms with E-state index in [9.17, 15) is 23.5 Å². The molecule has 14 heteroatoms. The Balaban J connectivity index is 1.25. The van der Waals surface area contributed by atoms with Gasteiger partial charge in [0, 0.05) is 31.4 Å². The first-order valence-corrected chi connectivity index (χ1v) is 11.0. The predicted octanol–water partition coefficient (Wildman–Crippen LogP) is 0.208. The van der Waals surface area contributed by atoms with Crippen LogP contribution in [0.15, 0.2) is 35.9 Å². The molecule has 2 fully saturated rings. The molecule has 0 aromatic carbocycles. The normalized spacial score (nSPS) is 23.1. The number of aliphatic hydroxyl groups excluding tert-OH is 1. The number of aliphatic hydroxyl groups is 1. The van der Waals surface area contributed by atoms with E-state index in [-0.39, 0.29) is 50.4 Å². The highest BCUT2D eigenvalue weighted by Crippen LogP contribution is 2.41. The average molecular weight is 491 g/mol. The maximum atomic E-state index is 14.6. The van der Waals surface area contributed by atoms with E-state index in [1.165, 1.54) is 24.1 Å². The lowest BCUT2D eigenvalue weighted by Crippen LogP contribution is -2.65. The van der Waals surface area contributed by atoms with Gasteiger partial charge < -0.3 is 24.4 Å². The van der Waals surface area contributed by atoms with Gasteiger partial charge >= 0.3 is 12.1 Å². The van der Waals surface area contributed by atoms with Crippen LogP contribution >= 0.6 is 0 Å². The number of amides is 1. The summed E-state index contributed by atoms with van der Waals surface area (Å²) < 4.78 is 40.5. The van der Waals surface area contributed by atoms with Crippen LogP contribution in [0.2, 0.25) is 0 Å². The first-order chi connectivity index (χ1) is 16.7. The van der Waals surface area contributed by atoms with Gasteiger partial charge in [0.1, 0.15) is 19.5 Å². The molecular weight excluding hydrogens is 468 g/mol. The van der Waals surface area contributed by atoms with E-state index in [1.807, 2.05) is 4.90 Å². The van der Waals surface area contributed by atoms with Crippen molar-refractivity contribution in [2.24, 2.45) is 0 Å². The van der Waals surface area contributed by atoms with E-state index in [1.54, 1.807) is 12.1 Å². The van der Waals surface area contributed by atoms with E-state index >= 15 is 0 Å². The Bertz CT molecular complexity index is 1150. The number of pyridine rings is 1. The minimum absolute atomic E-state index is 0.0161. The number of likely N-dealkylation sites (tertiary alicyclic amines) is 1. The standard InChI is InChI=1S/C21H23F2N7O5/c1-13-15(10-34-18(13)32)29-11-21(22,23)35-20(19(29)33)4-6-28(7-5-20)9-16(31)14-2-3-17(24-8-14)30-12-25-26-27-30/h2-3,8,12,16,31H,4-7,9-11H2,1H3/t16-/m0/s1. The molecule has 1 atom stereocenters. The average Bonchev–Trinajstić information content (AvgIpc) is 3.49. The summed E-state index contributed by atoms with van der Waals surface area (Å²) in [5, 5.41) is 21.5. The fourth-order valence-electron chi connectivity index (χ4n) is 4.59. The Morgan fingerprint density at radius 3 is 2.60 bits per heavy atom. The van der Waals surface area contributed by atoms with Crippen LogP contribution in [-0.2, 0) is 19.1 Å². The van der Waals surface area contributed by atoms with Crippen molar-refractivity contribution in [1.29, 1.82) is 0 Å². The van der Waals surface area contributed by atoms with Gasteiger partial charge in [-0.25, -0.2) is 9.78 Å². The quantitative estimate of drug-likeness (QED) is 0.578. The zero-order valence-electron chi connectivity index (χ0n) is 18.8. The van der Waals surface area contributed by atoms with Gasteiger partial charge in [0.15, 0.2) is 11.4 Å². The molecule has 5 rings (SSSR count). The van der Waals surface area contributed by atoms with Crippen molar-refractivity contribution in [3.8, 4) is 5.82 Å². The zero-order chi connectivity index (χ0) is 24.8. The highest BCUT2D eigenvalue weighted by atomic mass is 19.3. The van der Waals surface area contributed by atoms with Crippen molar-refractivity contribution in [2.45, 2.75) is 37.6 Å². The molecule has 0 aliphatic carbocycles. The summed E-state index contributed by atoms with van der Waals surface area (Å²) in [6.45, 7) is 1.01. The smallest absolute Gasteiger partial charge is 0.374 e. The minimum Gasteiger partial charge on any atom is -0.456 e. The van der Waals surface area contributed by atoms with Gasteiger partial charge in [-0.1, -0.05) is 6.07 Å². The van der Waals surface area contributed by atoms with Crippen LogP contribution in [0.4, 0.5) is 8.78 Å². The van der Waals surface area contributed by atoms with E-state index in [2.05, 4.69) is 20.5 Å². The second kappa shape index (κ2) is 8.70. The van der Waals surface area contributed by atoms with Crippen molar-refractivity contribution in [2.75, 3.05) is 32.8 Å². The summed E-state index contributed by atoms with van der Waals surface area (Å²) in [4.78, 5) is 32.1. The van der Waals surface area contributed by atoms with Crippen molar-refractivity contribution in [3.05, 3.63) is 41.5 Å². The minimum atomic E-state index is -3.57. The monoisotopic (exact) mass is 491 g/mol. The van der Waals surface area contributed by atoms with Crippen molar-refractivity contribution < 1.29 is 33.0 Å². The molecule has 1 amide bonds. The molecule has 1 N–H and O–H groups in total. The molecule has 3 aliphatic rings. The highest BCUT2D eigenvalue weighted by molar-refractivity contribution is 5.94. The molecule has 35 heavy (non-hydrogen) atoms. The lowest BCUT2D eigenvalue weighted by molar-refractivity contribution is -0.319. The van der Waals surface area contributed by atoms with E-state index in [4.69, 9.17) is 9.47 Å². The van der Waals surface area contributed by atoms with E-state index in [0.29, 0.717) is 11.4 Å². The maximum Gasteiger partial charge on any atom is 0.374 e. The third-order valence-corrected chi connectivity index (χ3v) is 6.56. The van der Waals surface area contributed by atoms with Gasteiger partial charge in [0.2, 0.25) is 0 Å². The molecule has 12 nitrogen and oxygen atoms in total. The summed E-state index contributed by atoms with van der Waals surface area (Å²) in [6.07, 6.45) is -1.50. The molecule has 0 unspecified atom stereocenters. The highest BCUT2D eigenvalue weighted by Gasteiger charge is 2.58. The lowest BCUT2D eigenvalue weighted by atomic mass is 9.87. The lowest BCUT2D eigenvalue weighted by Gasteiger charge is -2.48. The Kier molecular flexibility index (Phi) is 5.81. The van der Waals surface area contributed by atoms with Crippen molar-refractivity contribution >= 4 is 11.9 Å². The number of halogens is 2. The number of esters is 1. The summed E-state index contributed by atoms with van der Waals surface area (Å²) in [5.74, 6) is -0.733. The molecule has 3 aliphatic heterocycles. The zero-order valence-corrected chi connectivity index (χ0v) is 18.8. The number of β-amino-alcohol motifs (C(OH)–C–C–N with tert-alkyl or cyclic N) is 1. The van der Waals surface area contributed by atoms with Gasteiger partial charge in [-0.3, -0.25) is 4.79 Å². The first-order valence-electron chi connectivity index (χ1n) is 11.0. The number of piperidine rings is 1. The molecule has 2 aromatic heterocycles. The number of carbonyl (C=O) groups is 2. The topological polar surface area (TPSA) is 136 Å². The Morgan fingerprint density at radius 1 is 1.23 bits per heavy atom. The Labute approximate surface area is 198 Å². The molecule has 5 heterocycles. The molecule has 0 bridgehead atoms. The molecule has 186 valence electrons. The molecule has 0 saturated carbocycles. The molecule has 1 spiro atoms. The molecular formula is C21H23F2N7O5. The number of hydrogen-bond acceptors (Lipinski definition) is 10. The first kappa shape index (κ1) is 23.4. The third kappa shape index (κ3) is 4.39. The fraction of sp³-hybridized carbons (Fsp3) is 0.524. The Hall–Kier alpha value is -3.36. The number of nitrogens with zero attached hydrogens (tertiary/aromatic N) is 7. The van der Waals surface area contributed by atoms with Crippen LogP contribution < -0.4 is 0 Å². The largest absolute Gasteiger partial charge is 0.456 e. The van der Waals surface area contributed by atoms with Crippen LogP contribution in [0, 0.1) is 0 Å².